The van der Waals surface area contributed by atoms with Crippen molar-refractivity contribution in [1.29, 1.82) is 0 Å². The van der Waals surface area contributed by atoms with E-state index in [4.69, 9.17) is 5.11 Å². The Morgan fingerprint density at radius 2 is 0.315 bits per heavy atom. The van der Waals surface area contributed by atoms with Gasteiger partial charge in [0.2, 0.25) is 0 Å². The zero-order valence-electron chi connectivity index (χ0n) is 38.7. The first-order valence-corrected chi connectivity index (χ1v) is 27.1. The van der Waals surface area contributed by atoms with Gasteiger partial charge in [-0.15, -0.1) is 0 Å². The minimum absolute atomic E-state index is 0. The van der Waals surface area contributed by atoms with Crippen molar-refractivity contribution in [2.75, 3.05) is 18.9 Å². The van der Waals surface area contributed by atoms with E-state index in [-0.39, 0.29) is 139 Å². The SMILES string of the molecule is CO.O=P(CP(=O)(c1ccccc1)c1ccccc1)(c1ccccc1)c1ccccc1.O=P(CP(=O)(c1ccccc1)c1ccccc1)(c1ccccc1)c1ccccc1.[O-2].[O-2].[O-2].[O-2].[O-2].[O-2].[O-2].[O-2].[O-2].[O-2].[Re].[Re].[U]. The van der Waals surface area contributed by atoms with Gasteiger partial charge < -0.3 is 78.1 Å². The van der Waals surface area contributed by atoms with Gasteiger partial charge >= 0.3 is 0 Å². The molecule has 0 aromatic heterocycles. The molecule has 0 aliphatic carbocycles. The Balaban J connectivity index is -0.000000159. The van der Waals surface area contributed by atoms with E-state index in [2.05, 4.69) is 0 Å². The number of aliphatic hydroxyl groups is 1. The van der Waals surface area contributed by atoms with Crippen molar-refractivity contribution >= 4 is 71.0 Å². The van der Waals surface area contributed by atoms with Crippen LogP contribution >= 0.6 is 28.6 Å². The summed E-state index contributed by atoms with van der Waals surface area (Å²) in [4.78, 5) is 0. The molecular weight excluding hydrogens is 1590 g/mol. The van der Waals surface area contributed by atoms with Gasteiger partial charge in [0.15, 0.2) is 28.6 Å². The summed E-state index contributed by atoms with van der Waals surface area (Å²) in [6.45, 7) is 0. The standard InChI is InChI=1S/2C25H22O2P2.CH4O.10O.2Re.U/c2*26-28(22-13-5-1-6-14-22,23-15-7-2-8-16-23)21-29(27,24-17-9-3-10-18-24)25-19-11-4-12-20-25;1-2;;;;;;;;;;;;;/h2*1-20H,21H2;2H,1H3;;;;;;;;;;;;;/q;;;10*-2;;;. The minimum atomic E-state index is -3.14. The molecule has 0 aliphatic rings. The fourth-order valence-electron chi connectivity index (χ4n) is 7.16. The van der Waals surface area contributed by atoms with Gasteiger partial charge in [0, 0.05) is 122 Å². The van der Waals surface area contributed by atoms with E-state index < -0.39 is 28.6 Å². The van der Waals surface area contributed by atoms with E-state index in [0.29, 0.717) is 0 Å². The molecule has 15 nitrogen and oxygen atoms in total. The van der Waals surface area contributed by atoms with Crippen molar-refractivity contribution in [2.45, 2.75) is 0 Å². The summed E-state index contributed by atoms with van der Waals surface area (Å²) >= 11 is 0. The first-order chi connectivity index (χ1) is 29.3. The van der Waals surface area contributed by atoms with E-state index in [1.807, 2.05) is 243 Å². The van der Waals surface area contributed by atoms with Gasteiger partial charge in [-0.2, -0.15) is 0 Å². The molecule has 0 spiro atoms. The molecule has 22 heteroatoms. The fourth-order valence-corrected chi connectivity index (χ4v) is 23.3. The van der Waals surface area contributed by atoms with Crippen LogP contribution in [0, 0.1) is 31.1 Å². The predicted molar refractivity (Wildman–Crippen MR) is 264 cm³/mol. The second kappa shape index (κ2) is 41.8. The van der Waals surface area contributed by atoms with Crippen molar-refractivity contribution in [3.63, 3.8) is 0 Å². The Hall–Kier alpha value is -3.38. The third-order valence-electron chi connectivity index (χ3n) is 10.2. The van der Waals surface area contributed by atoms with Gasteiger partial charge in [0.05, 0.1) is 11.8 Å². The summed E-state index contributed by atoms with van der Waals surface area (Å²) in [5.74, 6) is 0.171. The average Bonchev–Trinajstić information content (AvgIpc) is 3.34. The quantitative estimate of drug-likeness (QED) is 0.117. The molecule has 400 valence electrons. The summed E-state index contributed by atoms with van der Waals surface area (Å²) in [7, 11) is -11.6. The van der Waals surface area contributed by atoms with Crippen LogP contribution in [0.4, 0.5) is 0 Å². The third kappa shape index (κ3) is 20.9. The number of hydrogen-bond acceptors (Lipinski definition) is 5. The van der Waals surface area contributed by atoms with Crippen molar-refractivity contribution in [1.82, 2.24) is 0 Å². The van der Waals surface area contributed by atoms with Crippen LogP contribution in [-0.4, -0.2) is 24.0 Å². The fraction of sp³-hybridized carbons (Fsp3) is 0.0588. The van der Waals surface area contributed by atoms with Crippen LogP contribution < -0.4 is 42.4 Å². The molecule has 0 aliphatic heterocycles. The average molecular weight is 1640 g/mol. The molecule has 0 heterocycles. The molecule has 0 unspecified atom stereocenters. The van der Waals surface area contributed by atoms with E-state index in [1.54, 1.807) is 0 Å². The molecule has 0 atom stereocenters. The molecule has 0 amide bonds. The van der Waals surface area contributed by atoms with E-state index in [1.165, 1.54) is 0 Å². The predicted octanol–water partition coefficient (Wildman–Crippen LogP) is 8.36. The summed E-state index contributed by atoms with van der Waals surface area (Å²) in [5.41, 5.74) is 0. The van der Waals surface area contributed by atoms with Crippen LogP contribution in [0.2, 0.25) is 0 Å². The van der Waals surface area contributed by atoms with Crippen LogP contribution in [0.5, 0.6) is 0 Å². The Morgan fingerprint density at radius 1 is 0.233 bits per heavy atom. The van der Waals surface area contributed by atoms with Gasteiger partial charge in [-0.3, -0.25) is 0 Å². The van der Waals surface area contributed by atoms with Crippen LogP contribution in [0.3, 0.4) is 0 Å². The number of aliphatic hydroxyl groups excluding tert-OH is 1. The van der Waals surface area contributed by atoms with Crippen molar-refractivity contribution in [2.24, 2.45) is 0 Å². The molecule has 0 bridgehead atoms. The monoisotopic (exact) mass is 1640 g/mol. The van der Waals surface area contributed by atoms with E-state index >= 15 is 0 Å². The van der Waals surface area contributed by atoms with E-state index in [0.717, 1.165) is 49.5 Å². The van der Waals surface area contributed by atoms with Crippen LogP contribution in [0.15, 0.2) is 243 Å². The molecule has 0 saturated carbocycles. The molecule has 8 aromatic carbocycles. The molecule has 1 N–H and O–H groups in total. The third-order valence-corrected chi connectivity index (χ3v) is 25.6. The van der Waals surface area contributed by atoms with Gasteiger partial charge in [-0.05, 0) is 0 Å². The summed E-state index contributed by atoms with van der Waals surface area (Å²) < 4.78 is 58.4. The molecule has 0 fully saturated rings. The number of hydrogen-bond donors (Lipinski definition) is 1. The molecule has 73 heavy (non-hydrogen) atoms. The molecule has 8 aromatic rings. The second-order valence-corrected chi connectivity index (χ2v) is 26.2. The zero-order valence-corrected chi connectivity index (χ0v) is 51.9. The van der Waals surface area contributed by atoms with Gasteiger partial charge in [-0.25, -0.2) is 0 Å². The van der Waals surface area contributed by atoms with Crippen molar-refractivity contribution < 1.29 is 150 Å². The second-order valence-electron chi connectivity index (χ2n) is 13.9. The smallest absolute Gasteiger partial charge is 0.150 e. The van der Waals surface area contributed by atoms with Crippen LogP contribution in [-0.2, 0) is 114 Å². The number of benzene rings is 8. The van der Waals surface area contributed by atoms with Gasteiger partial charge in [-0.1, -0.05) is 243 Å². The number of rotatable bonds is 12. The Bertz CT molecular complexity index is 2200. The normalized spacial score (nSPS) is 9.51. The van der Waals surface area contributed by atoms with Crippen molar-refractivity contribution in [3.05, 3.63) is 243 Å². The first kappa shape index (κ1) is 86.3. The summed E-state index contributed by atoms with van der Waals surface area (Å²) in [5, 5.41) is 12.9. The Morgan fingerprint density at radius 3 is 0.397 bits per heavy atom. The molecule has 8 rings (SSSR count). The maximum Gasteiger partial charge on any atom is 0.150 e. The molecule has 2 radical (unpaired) electrons. The maximum absolute atomic E-state index is 14.6. The zero-order chi connectivity index (χ0) is 42.3. The van der Waals surface area contributed by atoms with Gasteiger partial charge in [0.25, 0.3) is 0 Å². The summed E-state index contributed by atoms with van der Waals surface area (Å²) in [6, 6.07) is 75.6. The Labute approximate surface area is 478 Å². The van der Waals surface area contributed by atoms with Crippen LogP contribution in [0.25, 0.3) is 0 Å². The largest absolute Gasteiger partial charge is 2.00 e. The minimum Gasteiger partial charge on any atom is -2.00 e. The maximum atomic E-state index is 14.6. The molecule has 0 saturated heterocycles. The first-order valence-electron chi connectivity index (χ1n) is 19.5. The van der Waals surface area contributed by atoms with Gasteiger partial charge in [0.1, 0.15) is 0 Å². The topological polar surface area (TPSA) is 374 Å². The van der Waals surface area contributed by atoms with E-state index in [9.17, 15) is 18.3 Å². The van der Waals surface area contributed by atoms with Crippen molar-refractivity contribution in [3.8, 4) is 0 Å². The van der Waals surface area contributed by atoms with Crippen LogP contribution in [0.1, 0.15) is 0 Å². The summed E-state index contributed by atoms with van der Waals surface area (Å²) in [6.07, 6.45) is 0. The molecular formula is C51H48O15P4Re2U-20. The Kier molecular flexibility index (Phi) is 49.5.